The summed E-state index contributed by atoms with van der Waals surface area (Å²) < 4.78 is 0. The lowest BCUT2D eigenvalue weighted by Crippen LogP contribution is -1.92. The number of nitrogens with zero attached hydrogens (tertiary/aromatic N) is 1. The molecule has 1 unspecified atom stereocenters. The molecule has 54 valence electrons. The van der Waals surface area contributed by atoms with Crippen LogP contribution in [0.1, 0.15) is 0 Å². The third-order valence-electron chi connectivity index (χ3n) is 1.17. The molecule has 0 amide bonds. The molecule has 0 saturated heterocycles. The maximum Gasteiger partial charge on any atom is 0.231 e. The molecule has 0 aliphatic carbocycles. The first-order valence-corrected chi connectivity index (χ1v) is 3.94. The van der Waals surface area contributed by atoms with Crippen LogP contribution in [0.3, 0.4) is 0 Å². The molecule has 0 fully saturated rings. The summed E-state index contributed by atoms with van der Waals surface area (Å²) in [6.07, 6.45) is 4.57. The minimum atomic E-state index is -0.434. The first kappa shape index (κ1) is 7.34. The van der Waals surface area contributed by atoms with Crippen LogP contribution in [-0.4, -0.2) is 10.7 Å². The summed E-state index contributed by atoms with van der Waals surface area (Å²) in [7, 11) is 0. The summed E-state index contributed by atoms with van der Waals surface area (Å²) >= 11 is 1.68. The highest BCUT2D eigenvalue weighted by molar-refractivity contribution is 8.02. The fourth-order valence-electron chi connectivity index (χ4n) is 0.679. The maximum atomic E-state index is 9.84. The number of thioether (sulfide) groups is 1. The number of nitro groups is 1. The second-order valence-corrected chi connectivity index (χ2v) is 2.89. The molecular weight excluding hydrogens is 150 g/mol. The topological polar surface area (TPSA) is 43.1 Å². The van der Waals surface area contributed by atoms with Gasteiger partial charge in [-0.3, -0.25) is 10.1 Å². The lowest BCUT2D eigenvalue weighted by atomic mass is 10.2. The van der Waals surface area contributed by atoms with Crippen molar-refractivity contribution in [3.63, 3.8) is 0 Å². The molecule has 0 aromatic rings. The number of hydrogen-bond donors (Lipinski definition) is 0. The zero-order chi connectivity index (χ0) is 7.40. The molecule has 4 heteroatoms. The van der Waals surface area contributed by atoms with E-state index in [1.165, 1.54) is 0 Å². The van der Waals surface area contributed by atoms with E-state index in [1.54, 1.807) is 17.8 Å². The molecule has 1 atom stereocenters. The van der Waals surface area contributed by atoms with E-state index in [2.05, 4.69) is 0 Å². The zero-order valence-corrected chi connectivity index (χ0v) is 6.08. The van der Waals surface area contributed by atoms with Crippen LogP contribution in [-0.2, 0) is 0 Å². The highest BCUT2D eigenvalue weighted by Gasteiger charge is 2.05. The van der Waals surface area contributed by atoms with Crippen LogP contribution in [0.15, 0.2) is 23.8 Å². The van der Waals surface area contributed by atoms with E-state index in [1.807, 2.05) is 11.5 Å². The molecule has 1 heterocycles. The van der Waals surface area contributed by atoms with E-state index in [4.69, 9.17) is 0 Å². The smallest absolute Gasteiger partial charge is 0.231 e. The molecule has 0 N–H and O–H groups in total. The fourth-order valence-corrected chi connectivity index (χ4v) is 1.55. The Hall–Kier alpha value is -0.770. The molecule has 3 nitrogen and oxygen atoms in total. The van der Waals surface area contributed by atoms with Gasteiger partial charge in [0.1, 0.15) is 0 Å². The van der Waals surface area contributed by atoms with Gasteiger partial charge >= 0.3 is 0 Å². The second kappa shape index (κ2) is 3.41. The van der Waals surface area contributed by atoms with Crippen molar-refractivity contribution in [1.29, 1.82) is 0 Å². The minimum Gasteiger partial charge on any atom is -0.259 e. The van der Waals surface area contributed by atoms with Gasteiger partial charge in [-0.25, -0.2) is 0 Å². The Kier molecular flexibility index (Phi) is 2.50. The van der Waals surface area contributed by atoms with Crippen molar-refractivity contribution in [2.75, 3.05) is 5.75 Å². The second-order valence-electron chi connectivity index (χ2n) is 1.95. The zero-order valence-electron chi connectivity index (χ0n) is 5.27. The molecular formula is C6H7NO2S. The summed E-state index contributed by atoms with van der Waals surface area (Å²) in [5.74, 6) is 1.19. The summed E-state index contributed by atoms with van der Waals surface area (Å²) in [4.78, 5) is 9.41. The Morgan fingerprint density at radius 1 is 1.80 bits per heavy atom. The van der Waals surface area contributed by atoms with Crippen molar-refractivity contribution in [2.45, 2.75) is 0 Å². The minimum absolute atomic E-state index is 0.260. The Labute approximate surface area is 63.0 Å². The van der Waals surface area contributed by atoms with E-state index in [0.717, 1.165) is 12.0 Å². The van der Waals surface area contributed by atoms with Crippen molar-refractivity contribution in [3.8, 4) is 0 Å². The molecule has 10 heavy (non-hydrogen) atoms. The van der Waals surface area contributed by atoms with E-state index < -0.39 is 4.92 Å². The normalized spacial score (nSPS) is 24.2. The number of rotatable bonds is 2. The Morgan fingerprint density at radius 3 is 3.10 bits per heavy atom. The molecule has 0 aromatic carbocycles. The van der Waals surface area contributed by atoms with Crippen LogP contribution in [0.5, 0.6) is 0 Å². The Bertz CT molecular complexity index is 188. The lowest BCUT2D eigenvalue weighted by molar-refractivity contribution is -0.402. The highest BCUT2D eigenvalue weighted by atomic mass is 32.2. The van der Waals surface area contributed by atoms with Crippen LogP contribution in [0.4, 0.5) is 0 Å². The number of allylic oxidation sites excluding steroid dienone is 2. The van der Waals surface area contributed by atoms with Gasteiger partial charge in [0.15, 0.2) is 0 Å². The highest BCUT2D eigenvalue weighted by Crippen LogP contribution is 2.20. The maximum absolute atomic E-state index is 9.84. The largest absolute Gasteiger partial charge is 0.259 e. The first-order valence-electron chi connectivity index (χ1n) is 2.89. The van der Waals surface area contributed by atoms with Crippen molar-refractivity contribution in [1.82, 2.24) is 0 Å². The van der Waals surface area contributed by atoms with Crippen LogP contribution in [0, 0.1) is 16.0 Å². The SMILES string of the molecule is O=[N+]([O-])/C=C/C1C=CSC1. The standard InChI is InChI=1S/C6H7NO2S/c8-7(9)3-1-6-2-4-10-5-6/h1-4,6H,5H2/b3-1+. The third kappa shape index (κ3) is 2.23. The summed E-state index contributed by atoms with van der Waals surface area (Å²) in [6.45, 7) is 0. The average molecular weight is 157 g/mol. The van der Waals surface area contributed by atoms with Gasteiger partial charge in [-0.2, -0.15) is 0 Å². The monoisotopic (exact) mass is 157 g/mol. The first-order chi connectivity index (χ1) is 4.79. The Morgan fingerprint density at radius 2 is 2.60 bits per heavy atom. The van der Waals surface area contributed by atoms with E-state index in [0.29, 0.717) is 0 Å². The predicted octanol–water partition coefficient (Wildman–Crippen LogP) is 1.65. The van der Waals surface area contributed by atoms with Gasteiger partial charge in [0.05, 0.1) is 4.92 Å². The van der Waals surface area contributed by atoms with Crippen LogP contribution in [0.2, 0.25) is 0 Å². The van der Waals surface area contributed by atoms with E-state index in [-0.39, 0.29) is 5.92 Å². The lowest BCUT2D eigenvalue weighted by Gasteiger charge is -1.92. The third-order valence-corrected chi connectivity index (χ3v) is 2.09. The van der Waals surface area contributed by atoms with Gasteiger partial charge in [-0.15, -0.1) is 11.8 Å². The van der Waals surface area contributed by atoms with Crippen molar-refractivity contribution in [3.05, 3.63) is 33.9 Å². The van der Waals surface area contributed by atoms with Crippen LogP contribution >= 0.6 is 11.8 Å². The van der Waals surface area contributed by atoms with Gasteiger partial charge < -0.3 is 0 Å². The molecule has 0 bridgehead atoms. The average Bonchev–Trinajstić information content (AvgIpc) is 2.34. The molecule has 1 rings (SSSR count). The van der Waals surface area contributed by atoms with Gasteiger partial charge in [-0.05, 0) is 11.5 Å². The summed E-state index contributed by atoms with van der Waals surface area (Å²) in [5.41, 5.74) is 0. The van der Waals surface area contributed by atoms with Crippen molar-refractivity contribution < 1.29 is 4.92 Å². The van der Waals surface area contributed by atoms with Gasteiger partial charge in [0, 0.05) is 11.7 Å². The van der Waals surface area contributed by atoms with Gasteiger partial charge in [0.2, 0.25) is 6.20 Å². The van der Waals surface area contributed by atoms with Crippen LogP contribution < -0.4 is 0 Å². The molecule has 0 aromatic heterocycles. The van der Waals surface area contributed by atoms with E-state index >= 15 is 0 Å². The molecule has 0 spiro atoms. The summed E-state index contributed by atoms with van der Waals surface area (Å²) in [5, 5.41) is 11.8. The van der Waals surface area contributed by atoms with Crippen molar-refractivity contribution in [2.24, 2.45) is 5.92 Å². The molecule has 0 radical (unpaired) electrons. The Balaban J connectivity index is 2.37. The number of hydrogen-bond acceptors (Lipinski definition) is 3. The van der Waals surface area contributed by atoms with E-state index in [9.17, 15) is 10.1 Å². The fraction of sp³-hybridized carbons (Fsp3) is 0.333. The van der Waals surface area contributed by atoms with Gasteiger partial charge in [0.25, 0.3) is 0 Å². The molecule has 1 aliphatic rings. The molecule has 1 aliphatic heterocycles. The predicted molar refractivity (Wildman–Crippen MR) is 41.2 cm³/mol. The van der Waals surface area contributed by atoms with Crippen LogP contribution in [0.25, 0.3) is 0 Å². The summed E-state index contributed by atoms with van der Waals surface area (Å²) in [6, 6.07) is 0. The van der Waals surface area contributed by atoms with Crippen molar-refractivity contribution >= 4 is 11.8 Å². The quantitative estimate of drug-likeness (QED) is 0.452. The van der Waals surface area contributed by atoms with Gasteiger partial charge in [-0.1, -0.05) is 6.08 Å². The molecule has 0 saturated carbocycles.